The van der Waals surface area contributed by atoms with Crippen molar-refractivity contribution in [1.29, 1.82) is 0 Å². The molecular weight excluding hydrogens is 322 g/mol. The SMILES string of the molecule is CCCC[S@@](=O)[C@]1(C(=O)NCc2ccccc2)N=NC[C@@H]1Cl. The number of hydrogen-bond acceptors (Lipinski definition) is 4. The third kappa shape index (κ3) is 3.55. The molecule has 0 spiro atoms. The van der Waals surface area contributed by atoms with E-state index in [0.717, 1.165) is 18.4 Å². The van der Waals surface area contributed by atoms with Crippen LogP contribution in [-0.4, -0.2) is 32.7 Å². The van der Waals surface area contributed by atoms with Crippen LogP contribution in [0.2, 0.25) is 0 Å². The van der Waals surface area contributed by atoms with Gasteiger partial charge in [0.05, 0.1) is 17.3 Å². The third-order valence-electron chi connectivity index (χ3n) is 3.54. The van der Waals surface area contributed by atoms with Gasteiger partial charge in [-0.3, -0.25) is 9.00 Å². The van der Waals surface area contributed by atoms with Crippen molar-refractivity contribution in [3.05, 3.63) is 35.9 Å². The fraction of sp³-hybridized carbons (Fsp3) is 0.533. The predicted molar refractivity (Wildman–Crippen MR) is 88.3 cm³/mol. The molecule has 22 heavy (non-hydrogen) atoms. The van der Waals surface area contributed by atoms with Crippen LogP contribution in [0.3, 0.4) is 0 Å². The first-order valence-corrected chi connectivity index (χ1v) is 9.10. The largest absolute Gasteiger partial charge is 0.349 e. The molecule has 0 saturated carbocycles. The number of hydrogen-bond donors (Lipinski definition) is 1. The normalized spacial score (nSPS) is 25.1. The topological polar surface area (TPSA) is 70.9 Å². The quantitative estimate of drug-likeness (QED) is 0.774. The highest BCUT2D eigenvalue weighted by molar-refractivity contribution is 7.87. The average Bonchev–Trinajstić information content (AvgIpc) is 2.94. The van der Waals surface area contributed by atoms with E-state index in [9.17, 15) is 9.00 Å². The smallest absolute Gasteiger partial charge is 0.264 e. The summed E-state index contributed by atoms with van der Waals surface area (Å²) >= 11 is 6.24. The molecule has 0 aliphatic carbocycles. The Labute approximate surface area is 138 Å². The molecule has 0 fully saturated rings. The Morgan fingerprint density at radius 3 is 2.77 bits per heavy atom. The second-order valence-electron chi connectivity index (χ2n) is 5.16. The maximum Gasteiger partial charge on any atom is 0.264 e. The number of nitrogens with zero attached hydrogens (tertiary/aromatic N) is 2. The minimum atomic E-state index is -1.48. The van der Waals surface area contributed by atoms with Crippen LogP contribution >= 0.6 is 11.6 Å². The summed E-state index contributed by atoms with van der Waals surface area (Å²) in [5.74, 6) is -0.00985. The molecule has 120 valence electrons. The number of amides is 1. The number of carbonyl (C=O) groups is 1. The number of alkyl halides is 1. The molecule has 1 amide bonds. The summed E-state index contributed by atoms with van der Waals surface area (Å²) in [4.78, 5) is 11.2. The molecule has 1 heterocycles. The van der Waals surface area contributed by atoms with Crippen LogP contribution in [0.5, 0.6) is 0 Å². The van der Waals surface area contributed by atoms with E-state index in [1.54, 1.807) is 0 Å². The third-order valence-corrected chi connectivity index (χ3v) is 6.03. The number of halogens is 1. The van der Waals surface area contributed by atoms with Gasteiger partial charge in [0.2, 0.25) is 0 Å². The molecule has 7 heteroatoms. The number of carbonyl (C=O) groups excluding carboxylic acids is 1. The standard InChI is InChI=1S/C15H20ClN3O2S/c1-2-3-9-22(21)15(13(16)11-18-19-15)14(20)17-10-12-7-5-4-6-8-12/h4-8,13H,2-3,9-11H2,1H3,(H,17,20)/t13-,15+,22+/m0/s1. The van der Waals surface area contributed by atoms with Crippen molar-refractivity contribution in [2.75, 3.05) is 12.3 Å². The highest BCUT2D eigenvalue weighted by atomic mass is 35.5. The molecule has 5 nitrogen and oxygen atoms in total. The summed E-state index contributed by atoms with van der Waals surface area (Å²) < 4.78 is 12.6. The monoisotopic (exact) mass is 341 g/mol. The Hall–Kier alpha value is -1.27. The van der Waals surface area contributed by atoms with Gasteiger partial charge < -0.3 is 5.32 Å². The van der Waals surface area contributed by atoms with Gasteiger partial charge in [-0.25, -0.2) is 0 Å². The Balaban J connectivity index is 2.10. The average molecular weight is 342 g/mol. The number of nitrogens with one attached hydrogen (secondary N) is 1. The van der Waals surface area contributed by atoms with E-state index >= 15 is 0 Å². The maximum absolute atomic E-state index is 12.6. The van der Waals surface area contributed by atoms with Crippen LogP contribution in [0.1, 0.15) is 25.3 Å². The van der Waals surface area contributed by atoms with Crippen LogP contribution in [0.4, 0.5) is 0 Å². The lowest BCUT2D eigenvalue weighted by Gasteiger charge is -2.26. The molecule has 1 N–H and O–H groups in total. The van der Waals surface area contributed by atoms with Gasteiger partial charge in [0, 0.05) is 12.3 Å². The predicted octanol–water partition coefficient (Wildman–Crippen LogP) is 2.62. The van der Waals surface area contributed by atoms with Crippen molar-refractivity contribution >= 4 is 28.3 Å². The second kappa shape index (κ2) is 7.83. The number of unbranched alkanes of at least 4 members (excludes halogenated alkanes) is 1. The molecule has 1 aromatic carbocycles. The van der Waals surface area contributed by atoms with E-state index < -0.39 is 27.0 Å². The van der Waals surface area contributed by atoms with Crippen LogP contribution in [0.25, 0.3) is 0 Å². The van der Waals surface area contributed by atoms with E-state index in [1.165, 1.54) is 0 Å². The molecule has 3 atom stereocenters. The maximum atomic E-state index is 12.6. The van der Waals surface area contributed by atoms with E-state index in [-0.39, 0.29) is 6.54 Å². The molecule has 1 aromatic rings. The minimum Gasteiger partial charge on any atom is -0.349 e. The molecule has 0 saturated heterocycles. The Morgan fingerprint density at radius 1 is 1.45 bits per heavy atom. The first-order valence-electron chi connectivity index (χ1n) is 7.34. The summed E-state index contributed by atoms with van der Waals surface area (Å²) in [6.07, 6.45) is 1.66. The number of benzene rings is 1. The van der Waals surface area contributed by atoms with Gasteiger partial charge in [-0.2, -0.15) is 10.2 Å². The summed E-state index contributed by atoms with van der Waals surface area (Å²) in [5, 5.41) is 9.99. The molecule has 1 aliphatic rings. The first kappa shape index (κ1) is 17.1. The zero-order valence-corrected chi connectivity index (χ0v) is 14.1. The van der Waals surface area contributed by atoms with E-state index in [0.29, 0.717) is 12.3 Å². The summed E-state index contributed by atoms with van der Waals surface area (Å²) in [5.41, 5.74) is 0.964. The van der Waals surface area contributed by atoms with E-state index in [4.69, 9.17) is 11.6 Å². The fourth-order valence-corrected chi connectivity index (χ4v) is 4.37. The van der Waals surface area contributed by atoms with Crippen molar-refractivity contribution in [1.82, 2.24) is 5.32 Å². The van der Waals surface area contributed by atoms with Gasteiger partial charge in [-0.1, -0.05) is 43.7 Å². The Bertz CT molecular complexity index is 567. The van der Waals surface area contributed by atoms with Crippen LogP contribution in [0.15, 0.2) is 40.6 Å². The van der Waals surface area contributed by atoms with Gasteiger partial charge >= 0.3 is 0 Å². The highest BCUT2D eigenvalue weighted by Gasteiger charge is 2.53. The van der Waals surface area contributed by atoms with Crippen molar-refractivity contribution in [2.45, 2.75) is 36.6 Å². The van der Waals surface area contributed by atoms with E-state index in [1.807, 2.05) is 37.3 Å². The first-order chi connectivity index (χ1) is 10.6. The molecular formula is C15H20ClN3O2S. The van der Waals surface area contributed by atoms with Gasteiger partial charge in [0.1, 0.15) is 5.38 Å². The van der Waals surface area contributed by atoms with Crippen molar-refractivity contribution in [2.24, 2.45) is 10.2 Å². The van der Waals surface area contributed by atoms with Crippen molar-refractivity contribution < 1.29 is 9.00 Å². The molecule has 0 unspecified atom stereocenters. The van der Waals surface area contributed by atoms with E-state index in [2.05, 4.69) is 15.5 Å². The highest BCUT2D eigenvalue weighted by Crippen LogP contribution is 2.32. The van der Waals surface area contributed by atoms with Gasteiger partial charge in [0.15, 0.2) is 0 Å². The summed E-state index contributed by atoms with van der Waals surface area (Å²) in [7, 11) is -1.48. The van der Waals surface area contributed by atoms with Gasteiger partial charge in [-0.05, 0) is 12.0 Å². The van der Waals surface area contributed by atoms with Crippen LogP contribution < -0.4 is 5.32 Å². The summed E-state index contributed by atoms with van der Waals surface area (Å²) in [6.45, 7) is 2.58. The van der Waals surface area contributed by atoms with Crippen molar-refractivity contribution in [3.63, 3.8) is 0 Å². The van der Waals surface area contributed by atoms with Gasteiger partial charge in [-0.15, -0.1) is 11.6 Å². The Kier molecular flexibility index (Phi) is 6.08. The lowest BCUT2D eigenvalue weighted by atomic mass is 10.2. The molecule has 2 rings (SSSR count). The second-order valence-corrected chi connectivity index (χ2v) is 7.41. The molecule has 0 radical (unpaired) electrons. The lowest BCUT2D eigenvalue weighted by molar-refractivity contribution is -0.123. The fourth-order valence-electron chi connectivity index (χ4n) is 2.22. The molecule has 0 aromatic heterocycles. The molecule has 0 bridgehead atoms. The zero-order chi connectivity index (χ0) is 16.0. The molecule has 1 aliphatic heterocycles. The zero-order valence-electron chi connectivity index (χ0n) is 12.5. The number of rotatable bonds is 7. The number of azo groups is 1. The van der Waals surface area contributed by atoms with Crippen LogP contribution in [0, 0.1) is 0 Å². The van der Waals surface area contributed by atoms with Crippen LogP contribution in [-0.2, 0) is 22.1 Å². The summed E-state index contributed by atoms with van der Waals surface area (Å²) in [6, 6.07) is 9.53. The minimum absolute atomic E-state index is 0.220. The lowest BCUT2D eigenvalue weighted by Crippen LogP contribution is -2.53. The van der Waals surface area contributed by atoms with Crippen molar-refractivity contribution in [3.8, 4) is 0 Å². The Morgan fingerprint density at radius 2 is 2.18 bits per heavy atom. The van der Waals surface area contributed by atoms with Gasteiger partial charge in [0.25, 0.3) is 10.8 Å².